The highest BCUT2D eigenvalue weighted by molar-refractivity contribution is 9.10. The van der Waals surface area contributed by atoms with Crippen LogP contribution in [0.2, 0.25) is 5.02 Å². The first-order valence-electron chi connectivity index (χ1n) is 6.76. The molecule has 1 atom stereocenters. The molecule has 0 aromatic heterocycles. The van der Waals surface area contributed by atoms with E-state index in [0.717, 1.165) is 43.7 Å². The Hall–Kier alpha value is 0.0300. The molecule has 1 aliphatic heterocycles. The summed E-state index contributed by atoms with van der Waals surface area (Å²) in [4.78, 5) is 2.38. The second-order valence-corrected chi connectivity index (χ2v) is 6.58. The Morgan fingerprint density at radius 3 is 2.55 bits per heavy atom. The predicted octanol–water partition coefficient (Wildman–Crippen LogP) is 4.56. The van der Waals surface area contributed by atoms with Gasteiger partial charge in [-0.2, -0.15) is 0 Å². The molecule has 7 heteroatoms. The largest absolute Gasteiger partial charge is 0.506 e. The van der Waals surface area contributed by atoms with Crippen LogP contribution in [0.3, 0.4) is 0 Å². The lowest BCUT2D eigenvalue weighted by Crippen LogP contribution is -2.45. The second kappa shape index (κ2) is 10.0. The Kier molecular flexibility index (Phi) is 10.0. The lowest BCUT2D eigenvalue weighted by atomic mass is 9.97. The molecule has 0 saturated carbocycles. The van der Waals surface area contributed by atoms with Crippen LogP contribution in [0.4, 0.5) is 0 Å². The summed E-state index contributed by atoms with van der Waals surface area (Å²) < 4.78 is 0.641. The number of benzene rings is 1. The SMILES string of the molecule is C=C(C)C[C@@H](c1cc(Cl)cc(Br)c1O)N1CCNCC1.Cl.Cl. The minimum absolute atomic E-state index is 0. The van der Waals surface area contributed by atoms with Gasteiger partial charge in [-0.15, -0.1) is 31.4 Å². The maximum absolute atomic E-state index is 10.4. The maximum atomic E-state index is 10.4. The van der Waals surface area contributed by atoms with Crippen LogP contribution in [0.15, 0.2) is 28.8 Å². The number of piperazine rings is 1. The van der Waals surface area contributed by atoms with Crippen molar-refractivity contribution < 1.29 is 5.11 Å². The molecule has 2 N–H and O–H groups in total. The number of halogens is 4. The third kappa shape index (κ3) is 5.59. The first-order chi connectivity index (χ1) is 9.49. The zero-order valence-corrected chi connectivity index (χ0v) is 16.4. The average Bonchev–Trinajstić information content (AvgIpc) is 2.41. The van der Waals surface area contributed by atoms with Crippen LogP contribution in [0, 0.1) is 0 Å². The van der Waals surface area contributed by atoms with Gasteiger partial charge in [0.2, 0.25) is 0 Å². The van der Waals surface area contributed by atoms with Crippen LogP contribution in [0.1, 0.15) is 24.9 Å². The van der Waals surface area contributed by atoms with Crippen molar-refractivity contribution >= 4 is 52.3 Å². The normalized spacial score (nSPS) is 16.3. The number of rotatable bonds is 4. The van der Waals surface area contributed by atoms with Gasteiger partial charge in [0, 0.05) is 42.8 Å². The summed E-state index contributed by atoms with van der Waals surface area (Å²) in [5.41, 5.74) is 1.97. The fourth-order valence-corrected chi connectivity index (χ4v) is 3.43. The number of aromatic hydroxyl groups is 1. The number of nitrogens with one attached hydrogen (secondary N) is 1. The predicted molar refractivity (Wildman–Crippen MR) is 102 cm³/mol. The van der Waals surface area contributed by atoms with Crippen molar-refractivity contribution in [3.8, 4) is 5.75 Å². The molecule has 3 nitrogen and oxygen atoms in total. The Morgan fingerprint density at radius 2 is 2.00 bits per heavy atom. The average molecular weight is 433 g/mol. The van der Waals surface area contributed by atoms with Crippen molar-refractivity contribution in [2.24, 2.45) is 0 Å². The van der Waals surface area contributed by atoms with Gasteiger partial charge in [0.25, 0.3) is 0 Å². The standard InChI is InChI=1S/C15H20BrClN2O.2ClH/c1-10(2)7-14(19-5-3-18-4-6-19)12-8-11(17)9-13(16)15(12)20;;/h8-9,14,18,20H,1,3-7H2,2H3;2*1H/t14-;;/m0../s1. The Morgan fingerprint density at radius 1 is 1.41 bits per heavy atom. The zero-order chi connectivity index (χ0) is 14.7. The molecule has 1 aliphatic rings. The van der Waals surface area contributed by atoms with E-state index in [4.69, 9.17) is 11.6 Å². The summed E-state index contributed by atoms with van der Waals surface area (Å²) in [6, 6.07) is 3.69. The molecular formula is C15H22BrCl3N2O. The van der Waals surface area contributed by atoms with E-state index in [0.29, 0.717) is 9.50 Å². The van der Waals surface area contributed by atoms with Gasteiger partial charge in [-0.25, -0.2) is 0 Å². The van der Waals surface area contributed by atoms with Crippen LogP contribution in [0.5, 0.6) is 5.75 Å². The van der Waals surface area contributed by atoms with Gasteiger partial charge in [0.1, 0.15) is 5.75 Å². The third-order valence-electron chi connectivity index (χ3n) is 3.55. The van der Waals surface area contributed by atoms with Crippen molar-refractivity contribution in [2.75, 3.05) is 26.2 Å². The van der Waals surface area contributed by atoms with Crippen LogP contribution in [-0.2, 0) is 0 Å². The lowest BCUT2D eigenvalue weighted by molar-refractivity contribution is 0.170. The number of phenolic OH excluding ortho intramolecular Hbond substituents is 1. The van der Waals surface area contributed by atoms with Crippen molar-refractivity contribution in [1.82, 2.24) is 10.2 Å². The van der Waals surface area contributed by atoms with E-state index in [1.165, 1.54) is 0 Å². The maximum Gasteiger partial charge on any atom is 0.134 e. The van der Waals surface area contributed by atoms with E-state index in [2.05, 4.69) is 32.7 Å². The monoisotopic (exact) mass is 430 g/mol. The Labute approximate surface area is 158 Å². The van der Waals surface area contributed by atoms with E-state index in [9.17, 15) is 5.11 Å². The van der Waals surface area contributed by atoms with Crippen molar-refractivity contribution in [3.63, 3.8) is 0 Å². The van der Waals surface area contributed by atoms with E-state index < -0.39 is 0 Å². The molecule has 0 unspecified atom stereocenters. The van der Waals surface area contributed by atoms with E-state index >= 15 is 0 Å². The molecule has 22 heavy (non-hydrogen) atoms. The fraction of sp³-hybridized carbons (Fsp3) is 0.467. The summed E-state index contributed by atoms with van der Waals surface area (Å²) in [6.07, 6.45) is 0.820. The topological polar surface area (TPSA) is 35.5 Å². The van der Waals surface area contributed by atoms with Crippen molar-refractivity contribution in [1.29, 1.82) is 0 Å². The van der Waals surface area contributed by atoms with Gasteiger partial charge in [-0.3, -0.25) is 4.90 Å². The summed E-state index contributed by atoms with van der Waals surface area (Å²) >= 11 is 9.51. The van der Waals surface area contributed by atoms with Gasteiger partial charge in [0.05, 0.1) is 4.47 Å². The fourth-order valence-electron chi connectivity index (χ4n) is 2.60. The van der Waals surface area contributed by atoms with Crippen LogP contribution in [-0.4, -0.2) is 36.2 Å². The highest BCUT2D eigenvalue weighted by atomic mass is 79.9. The highest BCUT2D eigenvalue weighted by Gasteiger charge is 2.25. The van der Waals surface area contributed by atoms with Crippen LogP contribution in [0.25, 0.3) is 0 Å². The lowest BCUT2D eigenvalue weighted by Gasteiger charge is -2.36. The molecule has 0 radical (unpaired) electrons. The number of hydrogen-bond donors (Lipinski definition) is 2. The van der Waals surface area contributed by atoms with Crippen molar-refractivity contribution in [3.05, 3.63) is 39.3 Å². The molecule has 0 spiro atoms. The van der Waals surface area contributed by atoms with E-state index in [1.54, 1.807) is 6.07 Å². The van der Waals surface area contributed by atoms with Gasteiger partial charge in [0.15, 0.2) is 0 Å². The number of nitrogens with zero attached hydrogens (tertiary/aromatic N) is 1. The van der Waals surface area contributed by atoms with E-state index in [1.807, 2.05) is 13.0 Å². The quantitative estimate of drug-likeness (QED) is 0.685. The molecule has 0 amide bonds. The summed E-state index contributed by atoms with van der Waals surface area (Å²) in [5, 5.41) is 14.3. The van der Waals surface area contributed by atoms with Gasteiger partial charge in [-0.1, -0.05) is 17.2 Å². The minimum Gasteiger partial charge on any atom is -0.506 e. The Bertz CT molecular complexity index is 508. The van der Waals surface area contributed by atoms with Crippen LogP contribution >= 0.6 is 52.3 Å². The first kappa shape index (κ1) is 22.0. The molecule has 1 aromatic rings. The molecule has 1 fully saturated rings. The van der Waals surface area contributed by atoms with Gasteiger partial charge in [-0.05, 0) is 41.4 Å². The first-order valence-corrected chi connectivity index (χ1v) is 7.93. The summed E-state index contributed by atoms with van der Waals surface area (Å²) in [6.45, 7) is 9.90. The molecule has 1 heterocycles. The van der Waals surface area contributed by atoms with E-state index in [-0.39, 0.29) is 36.6 Å². The molecule has 0 aliphatic carbocycles. The highest BCUT2D eigenvalue weighted by Crippen LogP contribution is 2.39. The number of hydrogen-bond acceptors (Lipinski definition) is 3. The van der Waals surface area contributed by atoms with Gasteiger partial charge < -0.3 is 10.4 Å². The summed E-state index contributed by atoms with van der Waals surface area (Å²) in [5.74, 6) is 0.277. The summed E-state index contributed by atoms with van der Waals surface area (Å²) in [7, 11) is 0. The second-order valence-electron chi connectivity index (χ2n) is 5.29. The van der Waals surface area contributed by atoms with Crippen LogP contribution < -0.4 is 5.32 Å². The molecule has 0 bridgehead atoms. The van der Waals surface area contributed by atoms with Gasteiger partial charge >= 0.3 is 0 Å². The zero-order valence-electron chi connectivity index (χ0n) is 12.4. The molecule has 2 rings (SSSR count). The molecule has 1 saturated heterocycles. The minimum atomic E-state index is 0. The molecule has 126 valence electrons. The Balaban J connectivity index is 0.00000220. The smallest absolute Gasteiger partial charge is 0.134 e. The molecular weight excluding hydrogens is 410 g/mol. The molecule has 1 aromatic carbocycles. The number of phenols is 1. The third-order valence-corrected chi connectivity index (χ3v) is 4.37. The van der Waals surface area contributed by atoms with Crippen molar-refractivity contribution in [2.45, 2.75) is 19.4 Å².